The van der Waals surface area contributed by atoms with Crippen LogP contribution < -0.4 is 0 Å². The molecule has 5 nitrogen and oxygen atoms in total. The number of carbonyl (C=O) groups excluding carboxylic acids is 2. The summed E-state index contributed by atoms with van der Waals surface area (Å²) in [6.07, 6.45) is 9.71. The van der Waals surface area contributed by atoms with Crippen molar-refractivity contribution in [3.05, 3.63) is 0 Å². The Hall–Kier alpha value is -1.10. The highest BCUT2D eigenvalue weighted by atomic mass is 16.5. The first-order valence-electron chi connectivity index (χ1n) is 9.79. The number of amides is 2. The van der Waals surface area contributed by atoms with Crippen LogP contribution in [0.1, 0.15) is 58.3 Å². The fourth-order valence-corrected chi connectivity index (χ4v) is 4.56. The van der Waals surface area contributed by atoms with Crippen LogP contribution in [0.15, 0.2) is 0 Å². The van der Waals surface area contributed by atoms with Crippen LogP contribution in [-0.2, 0) is 14.3 Å². The lowest BCUT2D eigenvalue weighted by Crippen LogP contribution is -2.50. The maximum atomic E-state index is 12.8. The minimum absolute atomic E-state index is 0.0917. The third-order valence-corrected chi connectivity index (χ3v) is 6.06. The molecule has 3 fully saturated rings. The summed E-state index contributed by atoms with van der Waals surface area (Å²) in [7, 11) is 0. The van der Waals surface area contributed by atoms with Gasteiger partial charge in [0.2, 0.25) is 11.8 Å². The van der Waals surface area contributed by atoms with Crippen LogP contribution in [0, 0.1) is 11.8 Å². The van der Waals surface area contributed by atoms with E-state index < -0.39 is 0 Å². The van der Waals surface area contributed by atoms with Crippen LogP contribution >= 0.6 is 0 Å². The molecular formula is C19H32N2O3. The standard InChI is InChI=1S/C19H32N2O3/c1-15(22)20-9-7-17(8-10-20)19(23)21-11-12-24-18(14-21)13-16-5-3-2-4-6-16/h16-18H,2-14H2,1H3/t18-/m0/s1. The summed E-state index contributed by atoms with van der Waals surface area (Å²) in [5.41, 5.74) is 0. The number of morpholine rings is 1. The van der Waals surface area contributed by atoms with Gasteiger partial charge in [-0.3, -0.25) is 9.59 Å². The molecule has 0 aromatic rings. The summed E-state index contributed by atoms with van der Waals surface area (Å²) in [6, 6.07) is 0. The first-order chi connectivity index (χ1) is 11.6. The van der Waals surface area contributed by atoms with Crippen molar-refractivity contribution in [2.75, 3.05) is 32.8 Å². The van der Waals surface area contributed by atoms with Gasteiger partial charge in [-0.05, 0) is 25.2 Å². The van der Waals surface area contributed by atoms with Crippen LogP contribution in [0.4, 0.5) is 0 Å². The van der Waals surface area contributed by atoms with E-state index >= 15 is 0 Å². The normalized spacial score (nSPS) is 27.3. The van der Waals surface area contributed by atoms with Crippen LogP contribution in [0.25, 0.3) is 0 Å². The molecule has 0 bridgehead atoms. The summed E-state index contributed by atoms with van der Waals surface area (Å²) >= 11 is 0. The molecule has 1 atom stereocenters. The first kappa shape index (κ1) is 17.7. The quantitative estimate of drug-likeness (QED) is 0.795. The van der Waals surface area contributed by atoms with Crippen molar-refractivity contribution in [1.82, 2.24) is 9.80 Å². The molecule has 5 heteroatoms. The van der Waals surface area contributed by atoms with E-state index in [0.717, 1.165) is 51.4 Å². The Balaban J connectivity index is 1.47. The zero-order chi connectivity index (χ0) is 16.9. The van der Waals surface area contributed by atoms with Crippen molar-refractivity contribution < 1.29 is 14.3 Å². The Morgan fingerprint density at radius 1 is 0.958 bits per heavy atom. The SMILES string of the molecule is CC(=O)N1CCC(C(=O)N2CCO[C@@H](CC3CCCCC3)C2)CC1. The zero-order valence-electron chi connectivity index (χ0n) is 15.0. The predicted molar refractivity (Wildman–Crippen MR) is 92.5 cm³/mol. The molecule has 24 heavy (non-hydrogen) atoms. The largest absolute Gasteiger partial charge is 0.375 e. The molecule has 2 heterocycles. The highest BCUT2D eigenvalue weighted by Crippen LogP contribution is 2.29. The number of hydrogen-bond donors (Lipinski definition) is 0. The van der Waals surface area contributed by atoms with Crippen molar-refractivity contribution in [3.63, 3.8) is 0 Å². The number of likely N-dealkylation sites (tertiary alicyclic amines) is 1. The van der Waals surface area contributed by atoms with Crippen LogP contribution in [-0.4, -0.2) is 60.5 Å². The molecule has 1 aliphatic carbocycles. The van der Waals surface area contributed by atoms with Gasteiger partial charge in [0, 0.05) is 39.0 Å². The van der Waals surface area contributed by atoms with E-state index in [2.05, 4.69) is 0 Å². The Labute approximate surface area is 145 Å². The fraction of sp³-hybridized carbons (Fsp3) is 0.895. The Kier molecular flexibility index (Phi) is 6.14. The molecule has 1 saturated carbocycles. The van der Waals surface area contributed by atoms with Gasteiger partial charge in [0.05, 0.1) is 12.7 Å². The van der Waals surface area contributed by atoms with Gasteiger partial charge >= 0.3 is 0 Å². The average molecular weight is 336 g/mol. The summed E-state index contributed by atoms with van der Waals surface area (Å²) < 4.78 is 5.95. The molecule has 136 valence electrons. The van der Waals surface area contributed by atoms with Gasteiger partial charge in [-0.25, -0.2) is 0 Å². The smallest absolute Gasteiger partial charge is 0.225 e. The van der Waals surface area contributed by atoms with E-state index in [4.69, 9.17) is 4.74 Å². The number of hydrogen-bond acceptors (Lipinski definition) is 3. The lowest BCUT2D eigenvalue weighted by atomic mass is 9.85. The molecule has 2 saturated heterocycles. The molecule has 0 N–H and O–H groups in total. The van der Waals surface area contributed by atoms with E-state index in [-0.39, 0.29) is 23.8 Å². The minimum atomic E-state index is 0.0917. The molecule has 0 aromatic carbocycles. The molecule has 0 spiro atoms. The molecule has 2 amide bonds. The lowest BCUT2D eigenvalue weighted by molar-refractivity contribution is -0.147. The maximum Gasteiger partial charge on any atom is 0.225 e. The highest BCUT2D eigenvalue weighted by Gasteiger charge is 2.33. The molecule has 3 rings (SSSR count). The highest BCUT2D eigenvalue weighted by molar-refractivity contribution is 5.80. The molecule has 0 aromatic heterocycles. The third kappa shape index (κ3) is 4.50. The van der Waals surface area contributed by atoms with Gasteiger partial charge in [0.15, 0.2) is 0 Å². The predicted octanol–water partition coefficient (Wildman–Crippen LogP) is 2.44. The monoisotopic (exact) mass is 336 g/mol. The van der Waals surface area contributed by atoms with Crippen molar-refractivity contribution in [2.45, 2.75) is 64.4 Å². The summed E-state index contributed by atoms with van der Waals surface area (Å²) in [4.78, 5) is 28.1. The van der Waals surface area contributed by atoms with Crippen LogP contribution in [0.5, 0.6) is 0 Å². The summed E-state index contributed by atoms with van der Waals surface area (Å²) in [5, 5.41) is 0. The lowest BCUT2D eigenvalue weighted by Gasteiger charge is -2.38. The molecule has 2 aliphatic heterocycles. The minimum Gasteiger partial charge on any atom is -0.375 e. The Morgan fingerprint density at radius 2 is 1.67 bits per heavy atom. The third-order valence-electron chi connectivity index (χ3n) is 6.06. The van der Waals surface area contributed by atoms with E-state index in [0.29, 0.717) is 6.61 Å². The van der Waals surface area contributed by atoms with Crippen molar-refractivity contribution in [3.8, 4) is 0 Å². The Bertz CT molecular complexity index is 440. The van der Waals surface area contributed by atoms with Gasteiger partial charge < -0.3 is 14.5 Å². The molecule has 0 unspecified atom stereocenters. The topological polar surface area (TPSA) is 49.9 Å². The second kappa shape index (κ2) is 8.32. The first-order valence-corrected chi connectivity index (χ1v) is 9.79. The van der Waals surface area contributed by atoms with Gasteiger partial charge in [-0.15, -0.1) is 0 Å². The van der Waals surface area contributed by atoms with Crippen LogP contribution in [0.2, 0.25) is 0 Å². The van der Waals surface area contributed by atoms with Crippen molar-refractivity contribution in [1.29, 1.82) is 0 Å². The second-order valence-electron chi connectivity index (χ2n) is 7.80. The number of ether oxygens (including phenoxy) is 1. The van der Waals surface area contributed by atoms with Crippen molar-refractivity contribution >= 4 is 11.8 Å². The van der Waals surface area contributed by atoms with Crippen LogP contribution in [0.3, 0.4) is 0 Å². The summed E-state index contributed by atoms with van der Waals surface area (Å²) in [5.74, 6) is 1.29. The molecule has 3 aliphatic rings. The fourth-order valence-electron chi connectivity index (χ4n) is 4.56. The van der Waals surface area contributed by atoms with Gasteiger partial charge in [-0.1, -0.05) is 32.1 Å². The van der Waals surface area contributed by atoms with E-state index in [1.807, 2.05) is 9.80 Å². The average Bonchev–Trinajstić information content (AvgIpc) is 2.62. The number of nitrogens with zero attached hydrogens (tertiary/aromatic N) is 2. The van der Waals surface area contributed by atoms with E-state index in [1.54, 1.807) is 6.92 Å². The van der Waals surface area contributed by atoms with Crippen molar-refractivity contribution in [2.24, 2.45) is 11.8 Å². The Morgan fingerprint density at radius 3 is 2.33 bits per heavy atom. The van der Waals surface area contributed by atoms with Gasteiger partial charge in [-0.2, -0.15) is 0 Å². The maximum absolute atomic E-state index is 12.8. The van der Waals surface area contributed by atoms with E-state index in [9.17, 15) is 9.59 Å². The van der Waals surface area contributed by atoms with E-state index in [1.165, 1.54) is 32.1 Å². The summed E-state index contributed by atoms with van der Waals surface area (Å²) in [6.45, 7) is 5.23. The number of rotatable bonds is 3. The zero-order valence-corrected chi connectivity index (χ0v) is 15.0. The van der Waals surface area contributed by atoms with Gasteiger partial charge in [0.25, 0.3) is 0 Å². The number of piperidine rings is 1. The second-order valence-corrected chi connectivity index (χ2v) is 7.80. The van der Waals surface area contributed by atoms with Gasteiger partial charge in [0.1, 0.15) is 0 Å². The number of carbonyl (C=O) groups is 2. The molecular weight excluding hydrogens is 304 g/mol. The molecule has 0 radical (unpaired) electrons.